The second-order valence-corrected chi connectivity index (χ2v) is 7.25. The number of benzene rings is 2. The quantitative estimate of drug-likeness (QED) is 0.598. The molecule has 5 heteroatoms. The van der Waals surface area contributed by atoms with Crippen LogP contribution in [-0.4, -0.2) is 10.7 Å². The molecule has 28 heavy (non-hydrogen) atoms. The van der Waals surface area contributed by atoms with Crippen molar-refractivity contribution in [2.24, 2.45) is 10.9 Å². The molecule has 0 aromatic heterocycles. The average Bonchev–Trinajstić information content (AvgIpc) is 2.70. The number of nitriles is 1. The molecule has 2 nitrogen and oxygen atoms in total. The number of allylic oxidation sites excluding steroid dienone is 2. The Balaban J connectivity index is 1.85. The van der Waals surface area contributed by atoms with Gasteiger partial charge >= 0.3 is 0 Å². The summed E-state index contributed by atoms with van der Waals surface area (Å²) in [6.07, 6.45) is 4.52. The molecule has 0 amide bonds. The van der Waals surface area contributed by atoms with E-state index in [0.29, 0.717) is 4.99 Å². The topological polar surface area (TPSA) is 36.1 Å². The van der Waals surface area contributed by atoms with Crippen molar-refractivity contribution in [2.45, 2.75) is 19.3 Å². The first-order chi connectivity index (χ1) is 13.6. The van der Waals surface area contributed by atoms with E-state index in [0.717, 1.165) is 52.8 Å². The first-order valence-electron chi connectivity index (χ1n) is 9.05. The third-order valence-electron chi connectivity index (χ3n) is 5.04. The molecule has 138 valence electrons. The lowest BCUT2D eigenvalue weighted by Crippen LogP contribution is -2.26. The SMILES string of the molecule is N#CC1C(=S)N=C2C(=C1c1ccc(F)cc1)CCC/C2=C\c1ccc(F)cc1. The second kappa shape index (κ2) is 7.57. The lowest BCUT2D eigenvalue weighted by molar-refractivity contribution is 0.627. The molecule has 1 heterocycles. The van der Waals surface area contributed by atoms with Crippen LogP contribution >= 0.6 is 12.2 Å². The third kappa shape index (κ3) is 3.44. The first kappa shape index (κ1) is 18.4. The van der Waals surface area contributed by atoms with Crippen molar-refractivity contribution in [3.63, 3.8) is 0 Å². The van der Waals surface area contributed by atoms with E-state index in [2.05, 4.69) is 11.1 Å². The number of fused-ring (bicyclic) bond motifs is 1. The predicted octanol–water partition coefficient (Wildman–Crippen LogP) is 5.91. The van der Waals surface area contributed by atoms with Gasteiger partial charge in [0.2, 0.25) is 0 Å². The third-order valence-corrected chi connectivity index (χ3v) is 5.37. The zero-order valence-corrected chi connectivity index (χ0v) is 15.8. The van der Waals surface area contributed by atoms with E-state index in [1.165, 1.54) is 24.3 Å². The highest BCUT2D eigenvalue weighted by Gasteiger charge is 2.33. The van der Waals surface area contributed by atoms with Gasteiger partial charge in [0.05, 0.1) is 11.8 Å². The number of nitrogens with zero attached hydrogens (tertiary/aromatic N) is 2. The maximum absolute atomic E-state index is 13.4. The number of thiocarbonyl (C=S) groups is 1. The molecule has 0 bridgehead atoms. The van der Waals surface area contributed by atoms with Crippen LogP contribution < -0.4 is 0 Å². The second-order valence-electron chi connectivity index (χ2n) is 6.83. The van der Waals surface area contributed by atoms with Gasteiger partial charge < -0.3 is 0 Å². The molecule has 1 aliphatic heterocycles. The van der Waals surface area contributed by atoms with Crippen LogP contribution in [0.25, 0.3) is 11.6 Å². The fourth-order valence-corrected chi connectivity index (χ4v) is 4.01. The van der Waals surface area contributed by atoms with Crippen LogP contribution in [0.15, 0.2) is 64.7 Å². The molecule has 4 rings (SSSR count). The van der Waals surface area contributed by atoms with Crippen molar-refractivity contribution >= 4 is 34.6 Å². The molecule has 1 atom stereocenters. The van der Waals surface area contributed by atoms with Crippen molar-refractivity contribution < 1.29 is 8.78 Å². The van der Waals surface area contributed by atoms with E-state index < -0.39 is 5.92 Å². The number of rotatable bonds is 2. The minimum Gasteiger partial charge on any atom is -0.239 e. The molecule has 0 spiro atoms. The van der Waals surface area contributed by atoms with Crippen molar-refractivity contribution in [3.8, 4) is 6.07 Å². The largest absolute Gasteiger partial charge is 0.239 e. The lowest BCUT2D eigenvalue weighted by atomic mass is 9.77. The van der Waals surface area contributed by atoms with Crippen molar-refractivity contribution in [1.82, 2.24) is 0 Å². The highest BCUT2D eigenvalue weighted by Crippen LogP contribution is 2.40. The highest BCUT2D eigenvalue weighted by molar-refractivity contribution is 7.80. The standard InChI is InChI=1S/C23H16F2N2S/c24-17-8-4-14(5-9-17)12-16-2-1-3-19-21(15-6-10-18(25)11-7-15)20(13-26)23(28)27-22(16)19/h4-12,20H,1-3H2/b16-12+. The van der Waals surface area contributed by atoms with Crippen LogP contribution in [0.2, 0.25) is 0 Å². The maximum Gasteiger partial charge on any atom is 0.125 e. The lowest BCUT2D eigenvalue weighted by Gasteiger charge is -2.30. The summed E-state index contributed by atoms with van der Waals surface area (Å²) < 4.78 is 26.6. The van der Waals surface area contributed by atoms with Gasteiger partial charge in [0, 0.05) is 0 Å². The van der Waals surface area contributed by atoms with Crippen LogP contribution in [0.3, 0.4) is 0 Å². The van der Waals surface area contributed by atoms with Crippen LogP contribution in [0, 0.1) is 28.9 Å². The van der Waals surface area contributed by atoms with Gasteiger partial charge in [-0.25, -0.2) is 13.8 Å². The van der Waals surface area contributed by atoms with Crippen LogP contribution in [0.5, 0.6) is 0 Å². The molecular formula is C23H16F2N2S. The Morgan fingerprint density at radius 3 is 2.29 bits per heavy atom. The maximum atomic E-state index is 13.4. The average molecular weight is 390 g/mol. The summed E-state index contributed by atoms with van der Waals surface area (Å²) in [6, 6.07) is 14.7. The van der Waals surface area contributed by atoms with Gasteiger partial charge in [-0.2, -0.15) is 5.26 Å². The zero-order chi connectivity index (χ0) is 19.7. The number of halogens is 2. The minimum atomic E-state index is -0.621. The predicted molar refractivity (Wildman–Crippen MR) is 111 cm³/mol. The smallest absolute Gasteiger partial charge is 0.125 e. The number of hydrogen-bond donors (Lipinski definition) is 0. The van der Waals surface area contributed by atoms with Gasteiger partial charge in [0.1, 0.15) is 22.5 Å². The summed E-state index contributed by atoms with van der Waals surface area (Å²) in [5.74, 6) is -1.22. The van der Waals surface area contributed by atoms with Crippen molar-refractivity contribution in [2.75, 3.05) is 0 Å². The zero-order valence-electron chi connectivity index (χ0n) is 15.0. The highest BCUT2D eigenvalue weighted by atomic mass is 32.1. The fourth-order valence-electron chi connectivity index (χ4n) is 3.75. The Morgan fingerprint density at radius 1 is 1.00 bits per heavy atom. The number of hydrogen-bond acceptors (Lipinski definition) is 2. The fraction of sp³-hybridized carbons (Fsp3) is 0.174. The molecule has 1 aliphatic carbocycles. The molecule has 2 aromatic carbocycles. The summed E-state index contributed by atoms with van der Waals surface area (Å²) >= 11 is 5.44. The summed E-state index contributed by atoms with van der Waals surface area (Å²) in [5.41, 5.74) is 5.31. The summed E-state index contributed by atoms with van der Waals surface area (Å²) in [6.45, 7) is 0. The monoisotopic (exact) mass is 390 g/mol. The first-order valence-corrected chi connectivity index (χ1v) is 9.45. The molecule has 0 radical (unpaired) electrons. The Morgan fingerprint density at radius 2 is 1.64 bits per heavy atom. The summed E-state index contributed by atoms with van der Waals surface area (Å²) in [4.78, 5) is 4.92. The molecule has 2 aromatic rings. The molecule has 1 fully saturated rings. The summed E-state index contributed by atoms with van der Waals surface area (Å²) in [7, 11) is 0. The van der Waals surface area contributed by atoms with E-state index >= 15 is 0 Å². The van der Waals surface area contributed by atoms with Gasteiger partial charge in [-0.05, 0) is 77.5 Å². The number of dihydropyridines is 1. The van der Waals surface area contributed by atoms with Gasteiger partial charge in [-0.1, -0.05) is 36.5 Å². The van der Waals surface area contributed by atoms with Gasteiger partial charge in [-0.15, -0.1) is 0 Å². The van der Waals surface area contributed by atoms with Crippen molar-refractivity contribution in [3.05, 3.63) is 82.4 Å². The molecule has 1 unspecified atom stereocenters. The molecule has 0 saturated heterocycles. The van der Waals surface area contributed by atoms with E-state index in [-0.39, 0.29) is 11.6 Å². The van der Waals surface area contributed by atoms with E-state index in [4.69, 9.17) is 12.2 Å². The summed E-state index contributed by atoms with van der Waals surface area (Å²) in [5, 5.41) is 9.70. The van der Waals surface area contributed by atoms with E-state index in [1.54, 1.807) is 24.3 Å². The van der Waals surface area contributed by atoms with Crippen LogP contribution in [-0.2, 0) is 0 Å². The van der Waals surface area contributed by atoms with Crippen LogP contribution in [0.1, 0.15) is 30.4 Å². The molecule has 1 saturated carbocycles. The minimum absolute atomic E-state index is 0.280. The van der Waals surface area contributed by atoms with Gasteiger partial charge in [-0.3, -0.25) is 0 Å². The Kier molecular flexibility index (Phi) is 4.97. The van der Waals surface area contributed by atoms with Crippen LogP contribution in [0.4, 0.5) is 8.78 Å². The van der Waals surface area contributed by atoms with Crippen molar-refractivity contribution in [1.29, 1.82) is 5.26 Å². The molecule has 2 aliphatic rings. The Labute approximate surface area is 167 Å². The number of aliphatic imine (C=N–C) groups is 1. The van der Waals surface area contributed by atoms with E-state index in [1.807, 2.05) is 6.08 Å². The van der Waals surface area contributed by atoms with E-state index in [9.17, 15) is 14.0 Å². The molecular weight excluding hydrogens is 374 g/mol. The Bertz CT molecular complexity index is 1070. The van der Waals surface area contributed by atoms with Gasteiger partial charge in [0.25, 0.3) is 0 Å². The van der Waals surface area contributed by atoms with Gasteiger partial charge in [0.15, 0.2) is 0 Å². The molecule has 0 N–H and O–H groups in total. The Hall–Kier alpha value is -2.97. The normalized spacial score (nSPS) is 20.6.